The molecule has 3 aromatic rings. The first-order valence-corrected chi connectivity index (χ1v) is 12.7. The summed E-state index contributed by atoms with van der Waals surface area (Å²) >= 11 is 18.4. The van der Waals surface area contributed by atoms with Gasteiger partial charge >= 0.3 is 0 Å². The van der Waals surface area contributed by atoms with Crippen LogP contribution >= 0.6 is 35.4 Å². The molecule has 1 aliphatic rings. The second-order valence-electron chi connectivity index (χ2n) is 8.11. The normalized spacial score (nSPS) is 15.0. The molecule has 0 spiro atoms. The van der Waals surface area contributed by atoms with Gasteiger partial charge in [-0.2, -0.15) is 0 Å². The number of amides is 1. The molecule has 186 valence electrons. The van der Waals surface area contributed by atoms with Gasteiger partial charge in [0.15, 0.2) is 5.11 Å². The molecule has 1 unspecified atom stereocenters. The Labute approximate surface area is 226 Å². The van der Waals surface area contributed by atoms with E-state index in [0.717, 1.165) is 11.3 Å². The number of anilines is 1. The van der Waals surface area contributed by atoms with Crippen molar-refractivity contribution in [2.24, 2.45) is 4.99 Å². The summed E-state index contributed by atoms with van der Waals surface area (Å²) in [6.07, 6.45) is -0.252. The van der Waals surface area contributed by atoms with Gasteiger partial charge in [-0.25, -0.2) is 4.99 Å². The molecule has 0 radical (unpaired) electrons. The van der Waals surface area contributed by atoms with Gasteiger partial charge < -0.3 is 20.3 Å². The Bertz CT molecular complexity index is 1310. The van der Waals surface area contributed by atoms with E-state index in [1.54, 1.807) is 36.2 Å². The van der Waals surface area contributed by atoms with Crippen molar-refractivity contribution < 1.29 is 9.53 Å². The molecule has 1 aliphatic heterocycles. The van der Waals surface area contributed by atoms with Gasteiger partial charge in [0.25, 0.3) is 5.91 Å². The summed E-state index contributed by atoms with van der Waals surface area (Å²) in [4.78, 5) is 19.7. The van der Waals surface area contributed by atoms with Gasteiger partial charge in [0, 0.05) is 34.8 Å². The fourth-order valence-corrected chi connectivity index (χ4v) is 4.61. The molecule has 3 aromatic carbocycles. The van der Waals surface area contributed by atoms with Gasteiger partial charge in [-0.05, 0) is 61.5 Å². The number of thiocarbonyl (C=S) groups is 1. The molecule has 9 heteroatoms. The largest absolute Gasteiger partial charge is 0.494 e. The third-order valence-electron chi connectivity index (χ3n) is 5.75. The lowest BCUT2D eigenvalue weighted by Crippen LogP contribution is -2.49. The Morgan fingerprint density at radius 2 is 1.83 bits per heavy atom. The number of benzodiazepines with no additional fused rings is 1. The fraction of sp³-hybridized carbons (Fsp3) is 0.222. The van der Waals surface area contributed by atoms with E-state index in [1.807, 2.05) is 49.4 Å². The summed E-state index contributed by atoms with van der Waals surface area (Å²) in [5.74, 6) is 0.595. The van der Waals surface area contributed by atoms with Gasteiger partial charge in [-0.3, -0.25) is 4.79 Å². The summed E-state index contributed by atoms with van der Waals surface area (Å²) in [6.45, 7) is 3.11. The molecule has 0 aliphatic carbocycles. The Morgan fingerprint density at radius 1 is 1.08 bits per heavy atom. The molecule has 0 saturated carbocycles. The molecule has 0 saturated heterocycles. The lowest BCUT2D eigenvalue weighted by atomic mass is 10.00. The van der Waals surface area contributed by atoms with Crippen LogP contribution in [0.25, 0.3) is 0 Å². The van der Waals surface area contributed by atoms with Gasteiger partial charge in [-0.15, -0.1) is 0 Å². The number of nitrogens with one attached hydrogen (secondary N) is 2. The minimum absolute atomic E-state index is 0.258. The predicted octanol–water partition coefficient (Wildman–Crippen LogP) is 5.24. The summed E-state index contributed by atoms with van der Waals surface area (Å²) in [7, 11) is 1.70. The number of aliphatic imine (C=N–C) groups is 1. The maximum absolute atomic E-state index is 13.4. The quantitative estimate of drug-likeness (QED) is 0.401. The highest BCUT2D eigenvalue weighted by molar-refractivity contribution is 7.80. The summed E-state index contributed by atoms with van der Waals surface area (Å²) < 4.78 is 5.69. The van der Waals surface area contributed by atoms with E-state index in [9.17, 15) is 4.79 Å². The highest BCUT2D eigenvalue weighted by Gasteiger charge is 2.31. The molecule has 0 aromatic heterocycles. The lowest BCUT2D eigenvalue weighted by Gasteiger charge is -2.22. The molecule has 36 heavy (non-hydrogen) atoms. The number of halogens is 2. The molecule has 6 nitrogen and oxygen atoms in total. The number of likely N-dealkylation sites (N-methyl/N-ethyl adjacent to an activating group) is 1. The third-order valence-corrected chi connectivity index (χ3v) is 6.57. The van der Waals surface area contributed by atoms with E-state index in [0.29, 0.717) is 57.3 Å². The van der Waals surface area contributed by atoms with Crippen LogP contribution in [0.4, 0.5) is 5.69 Å². The lowest BCUT2D eigenvalue weighted by molar-refractivity contribution is -0.119. The van der Waals surface area contributed by atoms with E-state index in [-0.39, 0.29) is 5.91 Å². The number of hydrogen-bond acceptors (Lipinski definition) is 4. The van der Waals surface area contributed by atoms with Crippen molar-refractivity contribution in [2.45, 2.75) is 19.5 Å². The van der Waals surface area contributed by atoms with Crippen molar-refractivity contribution in [1.29, 1.82) is 0 Å². The molecule has 1 heterocycles. The Morgan fingerprint density at radius 3 is 2.61 bits per heavy atom. The fourth-order valence-electron chi connectivity index (χ4n) is 4.00. The highest BCUT2D eigenvalue weighted by Crippen LogP contribution is 2.31. The maximum Gasteiger partial charge on any atom is 0.272 e. The predicted molar refractivity (Wildman–Crippen MR) is 151 cm³/mol. The van der Waals surface area contributed by atoms with Gasteiger partial charge in [0.2, 0.25) is 6.17 Å². The highest BCUT2D eigenvalue weighted by atomic mass is 35.5. The van der Waals surface area contributed by atoms with E-state index in [1.165, 1.54) is 0 Å². The minimum Gasteiger partial charge on any atom is -0.494 e. The van der Waals surface area contributed by atoms with Gasteiger partial charge in [0.05, 0.1) is 18.0 Å². The summed E-state index contributed by atoms with van der Waals surface area (Å²) in [6, 6.07) is 20.6. The van der Waals surface area contributed by atoms with Gasteiger partial charge in [0.1, 0.15) is 5.75 Å². The molecular weight excluding hydrogens is 515 g/mol. The number of hydrogen-bond donors (Lipinski definition) is 2. The first kappa shape index (κ1) is 25.9. The van der Waals surface area contributed by atoms with Crippen LogP contribution in [-0.4, -0.2) is 43.1 Å². The van der Waals surface area contributed by atoms with Crippen molar-refractivity contribution >= 4 is 57.8 Å². The van der Waals surface area contributed by atoms with Crippen LogP contribution < -0.4 is 20.3 Å². The summed E-state index contributed by atoms with van der Waals surface area (Å²) in [5, 5.41) is 7.62. The van der Waals surface area contributed by atoms with Crippen LogP contribution in [0.2, 0.25) is 10.0 Å². The van der Waals surface area contributed by atoms with Crippen LogP contribution in [-0.2, 0) is 11.2 Å². The average Bonchev–Trinajstić information content (AvgIpc) is 2.96. The van der Waals surface area contributed by atoms with Crippen LogP contribution in [0.1, 0.15) is 23.6 Å². The van der Waals surface area contributed by atoms with Crippen molar-refractivity contribution in [3.8, 4) is 5.75 Å². The number of ether oxygens (including phenoxy) is 1. The Hall–Kier alpha value is -3.13. The molecule has 4 rings (SSSR count). The molecule has 2 N–H and O–H groups in total. The molecule has 1 amide bonds. The number of carbonyl (C=O) groups is 1. The van der Waals surface area contributed by atoms with E-state index in [4.69, 9.17) is 45.1 Å². The van der Waals surface area contributed by atoms with Crippen LogP contribution in [0, 0.1) is 0 Å². The standard InChI is InChI=1S/C27H26Cl2N4O2S/c1-3-35-23-11-7-4-8-17(23)14-15-30-27(36)32-25-26(34)33(2)22-13-12-18(28)16-20(22)24(31-25)19-9-5-6-10-21(19)29/h4-13,16,25H,3,14-15H2,1-2H3,(H2,30,32,36). The molecule has 0 bridgehead atoms. The second-order valence-corrected chi connectivity index (χ2v) is 9.36. The number of fused-ring (bicyclic) bond motifs is 1. The number of para-hydroxylation sites is 1. The Balaban J connectivity index is 1.57. The Kier molecular flexibility index (Phi) is 8.46. The maximum atomic E-state index is 13.4. The number of carbonyl (C=O) groups excluding carboxylic acids is 1. The van der Waals surface area contributed by atoms with Crippen molar-refractivity contribution in [1.82, 2.24) is 10.6 Å². The topological polar surface area (TPSA) is 66.0 Å². The van der Waals surface area contributed by atoms with Crippen molar-refractivity contribution in [3.63, 3.8) is 0 Å². The van der Waals surface area contributed by atoms with Gasteiger partial charge in [-0.1, -0.05) is 59.6 Å². The molecule has 1 atom stereocenters. The zero-order valence-corrected chi connectivity index (χ0v) is 22.3. The van der Waals surface area contributed by atoms with E-state index < -0.39 is 6.17 Å². The monoisotopic (exact) mass is 540 g/mol. The smallest absolute Gasteiger partial charge is 0.272 e. The van der Waals surface area contributed by atoms with Crippen LogP contribution in [0.15, 0.2) is 71.7 Å². The first-order chi connectivity index (χ1) is 17.4. The zero-order valence-electron chi connectivity index (χ0n) is 19.9. The zero-order chi connectivity index (χ0) is 25.7. The molecular formula is C27H26Cl2N4O2S. The third kappa shape index (κ3) is 5.81. The summed E-state index contributed by atoms with van der Waals surface area (Å²) in [5.41, 5.74) is 3.72. The van der Waals surface area contributed by atoms with Crippen LogP contribution in [0.5, 0.6) is 5.75 Å². The second kappa shape index (κ2) is 11.7. The van der Waals surface area contributed by atoms with Crippen molar-refractivity contribution in [3.05, 3.63) is 93.5 Å². The number of rotatable bonds is 7. The van der Waals surface area contributed by atoms with E-state index >= 15 is 0 Å². The first-order valence-electron chi connectivity index (χ1n) is 11.5. The van der Waals surface area contributed by atoms with Crippen molar-refractivity contribution in [2.75, 3.05) is 25.1 Å². The minimum atomic E-state index is -0.955. The SMILES string of the molecule is CCOc1ccccc1CCNC(=S)NC1N=C(c2ccccc2Cl)c2cc(Cl)ccc2N(C)C1=O. The van der Waals surface area contributed by atoms with E-state index in [2.05, 4.69) is 10.6 Å². The average molecular weight is 542 g/mol. The number of nitrogens with zero attached hydrogens (tertiary/aromatic N) is 2. The molecule has 0 fully saturated rings. The number of benzene rings is 3. The van der Waals surface area contributed by atoms with Crippen LogP contribution in [0.3, 0.4) is 0 Å².